The summed E-state index contributed by atoms with van der Waals surface area (Å²) < 4.78 is 28.1. The standard InChI is InChI=1S/C13H20O3S/c1-4-17(14,15)9-5-8-16-13-7-6-11(2)10-12(13)3/h6-7,10H,4-5,8-9H2,1-3H3. The third kappa shape index (κ3) is 4.77. The van der Waals surface area contributed by atoms with Gasteiger partial charge in [-0.3, -0.25) is 0 Å². The Morgan fingerprint density at radius 3 is 2.53 bits per heavy atom. The van der Waals surface area contributed by atoms with E-state index in [1.165, 1.54) is 5.56 Å². The van der Waals surface area contributed by atoms with Crippen molar-refractivity contribution >= 4 is 9.84 Å². The molecule has 17 heavy (non-hydrogen) atoms. The van der Waals surface area contributed by atoms with Crippen molar-refractivity contribution < 1.29 is 13.2 Å². The summed E-state index contributed by atoms with van der Waals surface area (Å²) in [6.07, 6.45) is 0.545. The van der Waals surface area contributed by atoms with Crippen LogP contribution in [0.25, 0.3) is 0 Å². The van der Waals surface area contributed by atoms with E-state index in [9.17, 15) is 8.42 Å². The predicted octanol–water partition coefficient (Wildman–Crippen LogP) is 2.51. The average Bonchev–Trinajstić information content (AvgIpc) is 2.27. The molecule has 0 amide bonds. The summed E-state index contributed by atoms with van der Waals surface area (Å²) in [7, 11) is -2.87. The van der Waals surface area contributed by atoms with Gasteiger partial charge in [-0.2, -0.15) is 0 Å². The molecule has 0 radical (unpaired) electrons. The molecule has 0 aliphatic rings. The van der Waals surface area contributed by atoms with Gasteiger partial charge in [0.15, 0.2) is 0 Å². The van der Waals surface area contributed by atoms with E-state index in [1.54, 1.807) is 6.92 Å². The topological polar surface area (TPSA) is 43.4 Å². The van der Waals surface area contributed by atoms with E-state index in [0.29, 0.717) is 13.0 Å². The third-order valence-electron chi connectivity index (χ3n) is 2.63. The monoisotopic (exact) mass is 256 g/mol. The molecule has 0 saturated carbocycles. The molecule has 1 aromatic carbocycles. The Morgan fingerprint density at radius 1 is 1.24 bits per heavy atom. The molecule has 96 valence electrons. The summed E-state index contributed by atoms with van der Waals surface area (Å²) >= 11 is 0. The molecule has 0 heterocycles. The Kier molecular flexibility index (Phi) is 5.00. The van der Waals surface area contributed by atoms with E-state index in [0.717, 1.165) is 11.3 Å². The third-order valence-corrected chi connectivity index (χ3v) is 4.42. The van der Waals surface area contributed by atoms with Crippen molar-refractivity contribution in [2.24, 2.45) is 0 Å². The Morgan fingerprint density at radius 2 is 1.94 bits per heavy atom. The van der Waals surface area contributed by atoms with Crippen LogP contribution in [0, 0.1) is 13.8 Å². The van der Waals surface area contributed by atoms with Crippen LogP contribution in [0.1, 0.15) is 24.5 Å². The number of rotatable bonds is 6. The molecule has 0 unspecified atom stereocenters. The predicted molar refractivity (Wildman–Crippen MR) is 70.4 cm³/mol. The molecule has 3 nitrogen and oxygen atoms in total. The lowest BCUT2D eigenvalue weighted by molar-refractivity contribution is 0.315. The van der Waals surface area contributed by atoms with Gasteiger partial charge in [-0.25, -0.2) is 8.42 Å². The molecule has 1 aromatic rings. The number of aryl methyl sites for hydroxylation is 2. The Labute approximate surface area is 104 Å². The number of sulfone groups is 1. The van der Waals surface area contributed by atoms with Crippen molar-refractivity contribution in [3.8, 4) is 5.75 Å². The fraction of sp³-hybridized carbons (Fsp3) is 0.538. The van der Waals surface area contributed by atoms with Crippen LogP contribution in [-0.4, -0.2) is 26.5 Å². The molecule has 1 rings (SSSR count). The average molecular weight is 256 g/mol. The molecule has 0 atom stereocenters. The molecule has 0 saturated heterocycles. The van der Waals surface area contributed by atoms with E-state index in [2.05, 4.69) is 6.07 Å². The zero-order valence-electron chi connectivity index (χ0n) is 10.7. The first kappa shape index (κ1) is 14.0. The van der Waals surface area contributed by atoms with Crippen LogP contribution < -0.4 is 4.74 Å². The first-order chi connectivity index (χ1) is 7.94. The minimum absolute atomic E-state index is 0.203. The fourth-order valence-electron chi connectivity index (χ4n) is 1.57. The molecule has 0 spiro atoms. The number of hydrogen-bond donors (Lipinski definition) is 0. The fourth-order valence-corrected chi connectivity index (χ4v) is 2.41. The van der Waals surface area contributed by atoms with Gasteiger partial charge >= 0.3 is 0 Å². The smallest absolute Gasteiger partial charge is 0.150 e. The van der Waals surface area contributed by atoms with Gasteiger partial charge in [0.1, 0.15) is 15.6 Å². The highest BCUT2D eigenvalue weighted by Gasteiger charge is 2.07. The maximum absolute atomic E-state index is 11.3. The van der Waals surface area contributed by atoms with Crippen LogP contribution in [0.5, 0.6) is 5.75 Å². The molecule has 0 fully saturated rings. The van der Waals surface area contributed by atoms with Crippen molar-refractivity contribution in [2.75, 3.05) is 18.1 Å². The van der Waals surface area contributed by atoms with Crippen molar-refractivity contribution in [2.45, 2.75) is 27.2 Å². The molecular formula is C13H20O3S. The summed E-state index contributed by atoms with van der Waals surface area (Å²) in [5.41, 5.74) is 2.28. The zero-order chi connectivity index (χ0) is 12.9. The molecular weight excluding hydrogens is 236 g/mol. The van der Waals surface area contributed by atoms with Crippen LogP contribution in [0.4, 0.5) is 0 Å². The molecule has 0 aliphatic heterocycles. The van der Waals surface area contributed by atoms with Gasteiger partial charge in [-0.1, -0.05) is 24.6 Å². The number of benzene rings is 1. The first-order valence-electron chi connectivity index (χ1n) is 5.85. The van der Waals surface area contributed by atoms with Crippen molar-refractivity contribution in [1.29, 1.82) is 0 Å². The Balaban J connectivity index is 2.41. The van der Waals surface area contributed by atoms with Crippen LogP contribution in [0.3, 0.4) is 0 Å². The van der Waals surface area contributed by atoms with Gasteiger partial charge in [-0.15, -0.1) is 0 Å². The molecule has 4 heteroatoms. The van der Waals surface area contributed by atoms with Crippen molar-refractivity contribution in [3.05, 3.63) is 29.3 Å². The van der Waals surface area contributed by atoms with E-state index in [4.69, 9.17) is 4.74 Å². The number of hydrogen-bond acceptors (Lipinski definition) is 3. The van der Waals surface area contributed by atoms with E-state index in [1.807, 2.05) is 26.0 Å². The van der Waals surface area contributed by atoms with Crippen LogP contribution >= 0.6 is 0 Å². The Bertz CT molecular complexity index is 464. The van der Waals surface area contributed by atoms with E-state index >= 15 is 0 Å². The lowest BCUT2D eigenvalue weighted by atomic mass is 10.1. The highest BCUT2D eigenvalue weighted by molar-refractivity contribution is 7.91. The quantitative estimate of drug-likeness (QED) is 0.734. The van der Waals surface area contributed by atoms with Gasteiger partial charge in [0.05, 0.1) is 12.4 Å². The second kappa shape index (κ2) is 6.05. The van der Waals surface area contributed by atoms with Crippen LogP contribution in [-0.2, 0) is 9.84 Å². The summed E-state index contributed by atoms with van der Waals surface area (Å²) in [4.78, 5) is 0. The number of ether oxygens (including phenoxy) is 1. The normalized spacial score (nSPS) is 11.5. The molecule has 0 bridgehead atoms. The largest absolute Gasteiger partial charge is 0.493 e. The SMILES string of the molecule is CCS(=O)(=O)CCCOc1ccc(C)cc1C. The lowest BCUT2D eigenvalue weighted by Crippen LogP contribution is -2.12. The van der Waals surface area contributed by atoms with E-state index < -0.39 is 9.84 Å². The highest BCUT2D eigenvalue weighted by Crippen LogP contribution is 2.18. The minimum Gasteiger partial charge on any atom is -0.493 e. The highest BCUT2D eigenvalue weighted by atomic mass is 32.2. The van der Waals surface area contributed by atoms with Crippen LogP contribution in [0.2, 0.25) is 0 Å². The first-order valence-corrected chi connectivity index (χ1v) is 7.67. The van der Waals surface area contributed by atoms with Gasteiger partial charge in [0.2, 0.25) is 0 Å². The summed E-state index contributed by atoms with van der Waals surface area (Å²) in [6.45, 7) is 6.14. The van der Waals surface area contributed by atoms with Gasteiger partial charge < -0.3 is 4.74 Å². The van der Waals surface area contributed by atoms with Crippen molar-refractivity contribution in [1.82, 2.24) is 0 Å². The van der Waals surface area contributed by atoms with Crippen molar-refractivity contribution in [3.63, 3.8) is 0 Å². The van der Waals surface area contributed by atoms with Gasteiger partial charge in [-0.05, 0) is 31.9 Å². The summed E-state index contributed by atoms with van der Waals surface area (Å²) in [6, 6.07) is 5.97. The maximum Gasteiger partial charge on any atom is 0.150 e. The second-order valence-electron chi connectivity index (χ2n) is 4.21. The summed E-state index contributed by atoms with van der Waals surface area (Å²) in [5, 5.41) is 0. The lowest BCUT2D eigenvalue weighted by Gasteiger charge is -2.09. The van der Waals surface area contributed by atoms with E-state index in [-0.39, 0.29) is 11.5 Å². The maximum atomic E-state index is 11.3. The molecule has 0 aromatic heterocycles. The van der Waals surface area contributed by atoms with Crippen LogP contribution in [0.15, 0.2) is 18.2 Å². The van der Waals surface area contributed by atoms with Gasteiger partial charge in [0, 0.05) is 5.75 Å². The Hall–Kier alpha value is -1.03. The second-order valence-corrected chi connectivity index (χ2v) is 6.68. The summed E-state index contributed by atoms with van der Waals surface area (Å²) in [5.74, 6) is 1.25. The molecule has 0 N–H and O–H groups in total. The molecule has 0 aliphatic carbocycles. The zero-order valence-corrected chi connectivity index (χ0v) is 11.5. The van der Waals surface area contributed by atoms with Gasteiger partial charge in [0.25, 0.3) is 0 Å². The minimum atomic E-state index is -2.87.